The van der Waals surface area contributed by atoms with Gasteiger partial charge in [0.05, 0.1) is 18.2 Å². The van der Waals surface area contributed by atoms with Crippen LogP contribution < -0.4 is 20.1 Å². The molecule has 2 heterocycles. The quantitative estimate of drug-likeness (QED) is 0.383. The van der Waals surface area contributed by atoms with Gasteiger partial charge in [0.2, 0.25) is 0 Å². The highest BCUT2D eigenvalue weighted by Crippen LogP contribution is 2.37. The van der Waals surface area contributed by atoms with Crippen LogP contribution in [-0.4, -0.2) is 26.2 Å². The van der Waals surface area contributed by atoms with Crippen molar-refractivity contribution in [2.75, 3.05) is 20.3 Å². The van der Waals surface area contributed by atoms with E-state index in [4.69, 9.17) is 21.1 Å². The Morgan fingerprint density at radius 3 is 2.68 bits per heavy atom. The van der Waals surface area contributed by atoms with Gasteiger partial charge in [0.1, 0.15) is 0 Å². The molecule has 0 saturated carbocycles. The van der Waals surface area contributed by atoms with Crippen LogP contribution in [0.4, 0.5) is 0 Å². The van der Waals surface area contributed by atoms with Crippen LogP contribution in [0.15, 0.2) is 34.0 Å². The highest BCUT2D eigenvalue weighted by molar-refractivity contribution is 14.0. The Hall–Kier alpha value is -1.19. The van der Waals surface area contributed by atoms with Crippen molar-refractivity contribution < 1.29 is 9.47 Å². The van der Waals surface area contributed by atoms with Crippen molar-refractivity contribution in [3.63, 3.8) is 0 Å². The molecule has 0 saturated heterocycles. The predicted octanol–water partition coefficient (Wildman–Crippen LogP) is 4.05. The lowest BCUT2D eigenvalue weighted by Gasteiger charge is -2.14. The first-order chi connectivity index (χ1) is 11.8. The second kappa shape index (κ2) is 10.1. The van der Waals surface area contributed by atoms with E-state index >= 15 is 0 Å². The Balaban J connectivity index is 0.00000225. The number of ether oxygens (including phenoxy) is 2. The molecule has 1 aliphatic heterocycles. The monoisotopic (exact) mass is 493 g/mol. The smallest absolute Gasteiger partial charge is 0.191 e. The molecule has 2 aromatic rings. The van der Waals surface area contributed by atoms with E-state index < -0.39 is 0 Å². The largest absolute Gasteiger partial charge is 0.489 e. The van der Waals surface area contributed by atoms with Crippen LogP contribution in [0.3, 0.4) is 0 Å². The molecule has 0 atom stereocenters. The number of hydrogen-bond acceptors (Lipinski definition) is 4. The van der Waals surface area contributed by atoms with Gasteiger partial charge in [0.25, 0.3) is 0 Å². The summed E-state index contributed by atoms with van der Waals surface area (Å²) in [6.45, 7) is 2.61. The van der Waals surface area contributed by atoms with E-state index in [2.05, 4.69) is 32.5 Å². The maximum atomic E-state index is 6.32. The van der Waals surface area contributed by atoms with Gasteiger partial charge in [-0.15, -0.1) is 24.0 Å². The number of halogens is 2. The third-order valence-electron chi connectivity index (χ3n) is 3.59. The lowest BCUT2D eigenvalue weighted by Crippen LogP contribution is -2.36. The van der Waals surface area contributed by atoms with Crippen LogP contribution in [0, 0.1) is 0 Å². The number of rotatable bonds is 4. The number of guanidine groups is 1. The number of thiophene rings is 1. The minimum Gasteiger partial charge on any atom is -0.489 e. The number of nitrogens with one attached hydrogen (secondary N) is 2. The SMILES string of the molecule is CN=C(NCc1ccsc1)NCc1cc(Cl)c2c(c1)OCCCO2.I. The molecule has 0 aliphatic carbocycles. The Bertz CT molecular complexity index is 710. The van der Waals surface area contributed by atoms with Gasteiger partial charge < -0.3 is 20.1 Å². The van der Waals surface area contributed by atoms with Crippen molar-refractivity contribution in [2.45, 2.75) is 19.5 Å². The minimum absolute atomic E-state index is 0. The molecule has 136 valence electrons. The maximum Gasteiger partial charge on any atom is 0.191 e. The van der Waals surface area contributed by atoms with Gasteiger partial charge in [-0.2, -0.15) is 11.3 Å². The van der Waals surface area contributed by atoms with Crippen molar-refractivity contribution in [3.8, 4) is 11.5 Å². The number of hydrogen-bond donors (Lipinski definition) is 2. The van der Waals surface area contributed by atoms with Gasteiger partial charge in [-0.1, -0.05) is 11.6 Å². The van der Waals surface area contributed by atoms with Crippen LogP contribution in [-0.2, 0) is 13.1 Å². The van der Waals surface area contributed by atoms with E-state index in [0.29, 0.717) is 36.3 Å². The summed E-state index contributed by atoms with van der Waals surface area (Å²) in [7, 11) is 1.75. The molecule has 0 radical (unpaired) electrons. The fourth-order valence-corrected chi connectivity index (χ4v) is 3.33. The fraction of sp³-hybridized carbons (Fsp3) is 0.353. The summed E-state index contributed by atoms with van der Waals surface area (Å²) >= 11 is 8.01. The van der Waals surface area contributed by atoms with Crippen molar-refractivity contribution in [1.29, 1.82) is 0 Å². The van der Waals surface area contributed by atoms with Crippen molar-refractivity contribution in [2.24, 2.45) is 4.99 Å². The van der Waals surface area contributed by atoms with Crippen LogP contribution in [0.5, 0.6) is 11.5 Å². The number of fused-ring (bicyclic) bond motifs is 1. The summed E-state index contributed by atoms with van der Waals surface area (Å²) in [5.74, 6) is 2.08. The van der Waals surface area contributed by atoms with Gasteiger partial charge in [0.15, 0.2) is 17.5 Å². The Labute approximate surface area is 173 Å². The molecular formula is C17H21ClIN3O2S. The summed E-state index contributed by atoms with van der Waals surface area (Å²) in [6.07, 6.45) is 0.859. The van der Waals surface area contributed by atoms with E-state index in [1.54, 1.807) is 18.4 Å². The van der Waals surface area contributed by atoms with Crippen molar-refractivity contribution >= 4 is 52.9 Å². The lowest BCUT2D eigenvalue weighted by molar-refractivity contribution is 0.297. The molecule has 0 bridgehead atoms. The third kappa shape index (κ3) is 5.65. The normalized spacial score (nSPS) is 13.6. The van der Waals surface area contributed by atoms with E-state index in [1.807, 2.05) is 12.1 Å². The molecular weight excluding hydrogens is 473 g/mol. The second-order valence-corrected chi connectivity index (χ2v) is 6.55. The first kappa shape index (κ1) is 20.1. The number of aliphatic imine (C=N–C) groups is 1. The first-order valence-corrected chi connectivity index (χ1v) is 9.12. The Kier molecular flexibility index (Phi) is 8.11. The topological polar surface area (TPSA) is 54.9 Å². The van der Waals surface area contributed by atoms with Gasteiger partial charge in [-0.25, -0.2) is 0 Å². The minimum atomic E-state index is 0. The molecule has 25 heavy (non-hydrogen) atoms. The molecule has 1 aliphatic rings. The van der Waals surface area contributed by atoms with Crippen LogP contribution in [0.2, 0.25) is 5.02 Å². The first-order valence-electron chi connectivity index (χ1n) is 7.80. The van der Waals surface area contributed by atoms with Gasteiger partial charge in [0, 0.05) is 26.6 Å². The molecule has 0 unspecified atom stereocenters. The molecule has 0 fully saturated rings. The molecule has 2 N–H and O–H groups in total. The summed E-state index contributed by atoms with van der Waals surface area (Å²) in [5, 5.41) is 11.3. The van der Waals surface area contributed by atoms with Crippen LogP contribution >= 0.6 is 46.9 Å². The van der Waals surface area contributed by atoms with Gasteiger partial charge in [-0.3, -0.25) is 4.99 Å². The van der Waals surface area contributed by atoms with E-state index in [9.17, 15) is 0 Å². The molecule has 8 heteroatoms. The van der Waals surface area contributed by atoms with Crippen LogP contribution in [0.25, 0.3) is 0 Å². The highest BCUT2D eigenvalue weighted by Gasteiger charge is 2.15. The molecule has 1 aromatic heterocycles. The molecule has 5 nitrogen and oxygen atoms in total. The average molecular weight is 494 g/mol. The van der Waals surface area contributed by atoms with Crippen molar-refractivity contribution in [1.82, 2.24) is 10.6 Å². The summed E-state index contributed by atoms with van der Waals surface area (Å²) in [6, 6.07) is 5.95. The van der Waals surface area contributed by atoms with Gasteiger partial charge >= 0.3 is 0 Å². The van der Waals surface area contributed by atoms with Crippen molar-refractivity contribution in [3.05, 3.63) is 45.1 Å². The van der Waals surface area contributed by atoms with Gasteiger partial charge in [-0.05, 0) is 40.1 Å². The third-order valence-corrected chi connectivity index (χ3v) is 4.60. The zero-order valence-corrected chi connectivity index (χ0v) is 17.8. The second-order valence-electron chi connectivity index (χ2n) is 5.37. The number of nitrogens with zero attached hydrogens (tertiary/aromatic N) is 1. The zero-order chi connectivity index (χ0) is 16.8. The summed E-state index contributed by atoms with van der Waals surface area (Å²) in [5.41, 5.74) is 2.25. The molecule has 1 aromatic carbocycles. The zero-order valence-electron chi connectivity index (χ0n) is 13.9. The predicted molar refractivity (Wildman–Crippen MR) is 114 cm³/mol. The Morgan fingerprint density at radius 2 is 1.96 bits per heavy atom. The molecule has 0 amide bonds. The highest BCUT2D eigenvalue weighted by atomic mass is 127. The average Bonchev–Trinajstić information content (AvgIpc) is 2.99. The van der Waals surface area contributed by atoms with E-state index in [1.165, 1.54) is 5.56 Å². The lowest BCUT2D eigenvalue weighted by atomic mass is 10.2. The van der Waals surface area contributed by atoms with E-state index in [0.717, 1.165) is 24.5 Å². The number of benzene rings is 1. The maximum absolute atomic E-state index is 6.32. The Morgan fingerprint density at radius 1 is 1.20 bits per heavy atom. The summed E-state index contributed by atoms with van der Waals surface area (Å²) in [4.78, 5) is 4.24. The van der Waals surface area contributed by atoms with E-state index in [-0.39, 0.29) is 24.0 Å². The standard InChI is InChI=1S/C17H20ClN3O2S.HI/c1-19-17(20-9-12-3-6-24-11-12)21-10-13-7-14(18)16-15(8-13)22-4-2-5-23-16;/h3,6-8,11H,2,4-5,9-10H2,1H3,(H2,19,20,21);1H. The van der Waals surface area contributed by atoms with Crippen LogP contribution in [0.1, 0.15) is 17.5 Å². The molecule has 3 rings (SSSR count). The summed E-state index contributed by atoms with van der Waals surface area (Å²) < 4.78 is 11.4. The molecule has 0 spiro atoms. The fourth-order valence-electron chi connectivity index (χ4n) is 2.37.